The van der Waals surface area contributed by atoms with E-state index in [1.54, 1.807) is 24.6 Å². The number of anilines is 1. The zero-order valence-corrected chi connectivity index (χ0v) is 22.5. The van der Waals surface area contributed by atoms with Crippen LogP contribution in [0.5, 0.6) is 5.75 Å². The minimum Gasteiger partial charge on any atom is -0.497 e. The number of methoxy groups -OCH3 is 1. The lowest BCUT2D eigenvalue weighted by molar-refractivity contribution is -0.141. The van der Waals surface area contributed by atoms with Crippen molar-refractivity contribution in [2.75, 3.05) is 45.7 Å². The number of ether oxygens (including phenoxy) is 1. The van der Waals surface area contributed by atoms with E-state index in [4.69, 9.17) is 4.74 Å². The Balaban J connectivity index is 1.49. The Hall–Kier alpha value is -3.15. The quantitative estimate of drug-likeness (QED) is 0.359. The predicted molar refractivity (Wildman–Crippen MR) is 147 cm³/mol. The Morgan fingerprint density at radius 3 is 2.76 bits per heavy atom. The molecule has 3 heterocycles. The molecule has 37 heavy (non-hydrogen) atoms. The number of carbonyl (C=O) groups is 1. The number of carboxylic acid groups (broad SMARTS) is 1. The summed E-state index contributed by atoms with van der Waals surface area (Å²) in [6, 6.07) is 9.48. The molecule has 0 saturated carbocycles. The van der Waals surface area contributed by atoms with Gasteiger partial charge in [-0.05, 0) is 73.8 Å². The molecule has 4 rings (SSSR count). The highest BCUT2D eigenvalue weighted by atomic mass is 32.1. The van der Waals surface area contributed by atoms with Crippen molar-refractivity contribution in [3.63, 3.8) is 0 Å². The van der Waals surface area contributed by atoms with E-state index in [2.05, 4.69) is 21.7 Å². The first-order chi connectivity index (χ1) is 17.8. The van der Waals surface area contributed by atoms with Crippen LogP contribution in [0.4, 0.5) is 10.1 Å². The number of thiophene rings is 1. The van der Waals surface area contributed by atoms with Crippen LogP contribution in [0.3, 0.4) is 0 Å². The van der Waals surface area contributed by atoms with Crippen LogP contribution in [0, 0.1) is 17.3 Å². The first kappa shape index (κ1) is 26.9. The van der Waals surface area contributed by atoms with Crippen molar-refractivity contribution in [1.82, 2.24) is 9.88 Å². The zero-order chi connectivity index (χ0) is 26.4. The molecule has 2 aromatic heterocycles. The average molecular weight is 524 g/mol. The van der Waals surface area contributed by atoms with Crippen LogP contribution in [0.25, 0.3) is 10.9 Å². The molecule has 0 spiro atoms. The fourth-order valence-electron chi connectivity index (χ4n) is 5.18. The summed E-state index contributed by atoms with van der Waals surface area (Å²) in [5.41, 5.74) is 1.59. The van der Waals surface area contributed by atoms with E-state index in [1.165, 1.54) is 0 Å². The molecule has 0 bridgehead atoms. The van der Waals surface area contributed by atoms with E-state index in [0.717, 1.165) is 41.9 Å². The maximum atomic E-state index is 16.1. The summed E-state index contributed by atoms with van der Waals surface area (Å²) in [5.74, 6) is 6.24. The number of hydrogen-bond acceptors (Lipinski definition) is 6. The summed E-state index contributed by atoms with van der Waals surface area (Å²) in [4.78, 5) is 21.5. The minimum atomic E-state index is -1.25. The maximum Gasteiger partial charge on any atom is 0.303 e. The van der Waals surface area contributed by atoms with Gasteiger partial charge in [-0.25, -0.2) is 4.39 Å². The van der Waals surface area contributed by atoms with Gasteiger partial charge in [-0.2, -0.15) is 0 Å². The molecule has 3 aromatic rings. The second-order valence-electron chi connectivity index (χ2n) is 9.97. The molecule has 1 aromatic carbocycles. The van der Waals surface area contributed by atoms with E-state index < -0.39 is 17.6 Å². The fraction of sp³-hybridized carbons (Fsp3) is 0.448. The van der Waals surface area contributed by atoms with Gasteiger partial charge in [0.2, 0.25) is 0 Å². The number of halogens is 1. The molecule has 1 fully saturated rings. The normalized spacial score (nSPS) is 16.1. The second-order valence-corrected chi connectivity index (χ2v) is 10.9. The Bertz CT molecular complexity index is 1270. The first-order valence-corrected chi connectivity index (χ1v) is 13.4. The molecule has 6 nitrogen and oxygen atoms in total. The third kappa shape index (κ3) is 6.60. The number of aliphatic carboxylic acids is 1. The van der Waals surface area contributed by atoms with Gasteiger partial charge in [0.15, 0.2) is 0 Å². The van der Waals surface area contributed by atoms with Crippen molar-refractivity contribution >= 4 is 33.9 Å². The van der Waals surface area contributed by atoms with Crippen molar-refractivity contribution < 1.29 is 19.0 Å². The van der Waals surface area contributed by atoms with E-state index in [1.807, 2.05) is 54.7 Å². The number of alkyl halides is 1. The monoisotopic (exact) mass is 523 g/mol. The number of pyridine rings is 1. The standard InChI is InChI=1S/C29H34FN3O3S/c1-32(2)26-20-31-25-9-8-21(36-3)18-23(25)28(26)24(30)10-11-29(19-27(34)35)12-15-33(16-13-29)14-4-6-22-7-5-17-37-22/h5,7-9,17-18,20,24H,10-16,19H2,1-3H3,(H,34,35)/t24-/m0/s1. The van der Waals surface area contributed by atoms with Crippen LogP contribution < -0.4 is 9.64 Å². The summed E-state index contributed by atoms with van der Waals surface area (Å²) in [5, 5.41) is 12.4. The molecule has 0 amide bonds. The van der Waals surface area contributed by atoms with Gasteiger partial charge in [-0.15, -0.1) is 11.3 Å². The molecular weight excluding hydrogens is 489 g/mol. The molecule has 8 heteroatoms. The third-order valence-electron chi connectivity index (χ3n) is 7.30. The number of benzene rings is 1. The molecular formula is C29H34FN3O3S. The molecule has 196 valence electrons. The van der Waals surface area contributed by atoms with Crippen LogP contribution in [-0.4, -0.2) is 61.8 Å². The predicted octanol–water partition coefficient (Wildman–Crippen LogP) is 5.77. The Morgan fingerprint density at radius 1 is 1.32 bits per heavy atom. The van der Waals surface area contributed by atoms with Gasteiger partial charge in [-0.3, -0.25) is 14.7 Å². The highest BCUT2D eigenvalue weighted by Gasteiger charge is 2.37. The molecule has 0 radical (unpaired) electrons. The lowest BCUT2D eigenvalue weighted by Gasteiger charge is -2.41. The number of carboxylic acids is 1. The van der Waals surface area contributed by atoms with E-state index in [0.29, 0.717) is 29.8 Å². The van der Waals surface area contributed by atoms with E-state index in [-0.39, 0.29) is 12.8 Å². The molecule has 1 aliphatic rings. The summed E-state index contributed by atoms with van der Waals surface area (Å²) in [6.45, 7) is 2.19. The SMILES string of the molecule is COc1ccc2ncc(N(C)C)c([C@@H](F)CCC3(CC(=O)O)CCN(CC#Cc4cccs4)CC3)c2c1. The largest absolute Gasteiger partial charge is 0.497 e. The van der Waals surface area contributed by atoms with Gasteiger partial charge < -0.3 is 14.7 Å². The summed E-state index contributed by atoms with van der Waals surface area (Å²) >= 11 is 1.62. The highest BCUT2D eigenvalue weighted by Crippen LogP contribution is 2.44. The number of nitrogens with zero attached hydrogens (tertiary/aromatic N) is 3. The van der Waals surface area contributed by atoms with Gasteiger partial charge >= 0.3 is 5.97 Å². The van der Waals surface area contributed by atoms with Crippen molar-refractivity contribution in [3.05, 3.63) is 52.3 Å². The van der Waals surface area contributed by atoms with Crippen molar-refractivity contribution in [1.29, 1.82) is 0 Å². The number of hydrogen-bond donors (Lipinski definition) is 1. The molecule has 1 atom stereocenters. The summed E-state index contributed by atoms with van der Waals surface area (Å²) in [6.07, 6.45) is 2.71. The molecule has 0 unspecified atom stereocenters. The minimum absolute atomic E-state index is 0.0554. The Kier molecular flexibility index (Phi) is 8.67. The van der Waals surface area contributed by atoms with Crippen LogP contribution in [0.15, 0.2) is 41.9 Å². The van der Waals surface area contributed by atoms with Gasteiger partial charge in [-0.1, -0.05) is 17.9 Å². The van der Waals surface area contributed by atoms with Crippen LogP contribution in [0.1, 0.15) is 48.7 Å². The fourth-order valence-corrected chi connectivity index (χ4v) is 5.77. The van der Waals surface area contributed by atoms with Gasteiger partial charge in [0, 0.05) is 25.0 Å². The lowest BCUT2D eigenvalue weighted by atomic mass is 9.71. The number of rotatable bonds is 9. The van der Waals surface area contributed by atoms with Crippen LogP contribution >= 0.6 is 11.3 Å². The third-order valence-corrected chi connectivity index (χ3v) is 8.08. The Morgan fingerprint density at radius 2 is 2.11 bits per heavy atom. The highest BCUT2D eigenvalue weighted by molar-refractivity contribution is 7.10. The van der Waals surface area contributed by atoms with Crippen molar-refractivity contribution in [2.24, 2.45) is 5.41 Å². The summed E-state index contributed by atoms with van der Waals surface area (Å²) < 4.78 is 21.5. The molecule has 0 aliphatic carbocycles. The topological polar surface area (TPSA) is 65.9 Å². The van der Waals surface area contributed by atoms with Gasteiger partial charge in [0.25, 0.3) is 0 Å². The number of piperidine rings is 1. The Labute approximate surface area is 222 Å². The lowest BCUT2D eigenvalue weighted by Crippen LogP contribution is -2.41. The van der Waals surface area contributed by atoms with Crippen molar-refractivity contribution in [2.45, 2.75) is 38.3 Å². The van der Waals surface area contributed by atoms with Gasteiger partial charge in [0.1, 0.15) is 11.9 Å². The van der Waals surface area contributed by atoms with E-state index >= 15 is 4.39 Å². The smallest absolute Gasteiger partial charge is 0.303 e. The number of aromatic nitrogens is 1. The van der Waals surface area contributed by atoms with Gasteiger partial charge in [0.05, 0.1) is 42.4 Å². The zero-order valence-electron chi connectivity index (χ0n) is 21.7. The molecule has 1 saturated heterocycles. The van der Waals surface area contributed by atoms with Crippen LogP contribution in [0.2, 0.25) is 0 Å². The van der Waals surface area contributed by atoms with Crippen molar-refractivity contribution in [3.8, 4) is 17.6 Å². The first-order valence-electron chi connectivity index (χ1n) is 12.5. The molecule has 1 N–H and O–H groups in total. The van der Waals surface area contributed by atoms with E-state index in [9.17, 15) is 9.90 Å². The number of fused-ring (bicyclic) bond motifs is 1. The number of likely N-dealkylation sites (tertiary alicyclic amines) is 1. The summed E-state index contributed by atoms with van der Waals surface area (Å²) in [7, 11) is 5.34. The van der Waals surface area contributed by atoms with Crippen LogP contribution in [-0.2, 0) is 4.79 Å². The second kappa shape index (κ2) is 11.9. The molecule has 1 aliphatic heterocycles. The maximum absolute atomic E-state index is 16.1. The average Bonchev–Trinajstić information content (AvgIpc) is 3.40.